The maximum absolute atomic E-state index is 12.4. The largest absolute Gasteiger partial charge is 0.389 e. The zero-order valence-corrected chi connectivity index (χ0v) is 13.3. The first-order valence-corrected chi connectivity index (χ1v) is 8.86. The van der Waals surface area contributed by atoms with E-state index in [4.69, 9.17) is 0 Å². The summed E-state index contributed by atoms with van der Waals surface area (Å²) in [5.74, 6) is 3.26. The van der Waals surface area contributed by atoms with Crippen LogP contribution in [0.25, 0.3) is 0 Å². The second-order valence-corrected chi connectivity index (χ2v) is 8.60. The van der Waals surface area contributed by atoms with E-state index in [1.807, 2.05) is 6.08 Å². The van der Waals surface area contributed by atoms with Gasteiger partial charge in [0, 0.05) is 11.8 Å². The molecule has 21 heavy (non-hydrogen) atoms. The zero-order valence-electron chi connectivity index (χ0n) is 13.3. The average Bonchev–Trinajstić information content (AvgIpc) is 2.76. The van der Waals surface area contributed by atoms with E-state index in [1.54, 1.807) is 0 Å². The number of Topliss-reactive ketones (excluding diaryl/α,β-unsaturated/α-hetero) is 1. The molecule has 0 spiro atoms. The Morgan fingerprint density at radius 3 is 2.76 bits per heavy atom. The number of fused-ring (bicyclic) bond motifs is 5. The second kappa shape index (κ2) is 4.44. The number of hydrogen-bond acceptors (Lipinski definition) is 2. The fourth-order valence-electron chi connectivity index (χ4n) is 6.56. The van der Waals surface area contributed by atoms with Crippen molar-refractivity contribution in [1.82, 2.24) is 0 Å². The van der Waals surface area contributed by atoms with Gasteiger partial charge in [-0.2, -0.15) is 0 Å². The van der Waals surface area contributed by atoms with Gasteiger partial charge in [-0.1, -0.05) is 26.0 Å². The van der Waals surface area contributed by atoms with Crippen molar-refractivity contribution in [2.75, 3.05) is 0 Å². The van der Waals surface area contributed by atoms with Crippen LogP contribution in [0.1, 0.15) is 58.8 Å². The highest BCUT2D eigenvalue weighted by molar-refractivity contribution is 5.87. The number of carbonyl (C=O) groups is 1. The van der Waals surface area contributed by atoms with Crippen molar-refractivity contribution < 1.29 is 9.90 Å². The molecule has 0 aromatic heterocycles. The first-order valence-electron chi connectivity index (χ1n) is 8.86. The third-order valence-corrected chi connectivity index (χ3v) is 7.88. The molecule has 116 valence electrons. The minimum absolute atomic E-state index is 0.0116. The lowest BCUT2D eigenvalue weighted by molar-refractivity contribution is -0.134. The highest BCUT2D eigenvalue weighted by Gasteiger charge is 2.59. The number of aliphatic hydroxyl groups is 1. The van der Waals surface area contributed by atoms with Crippen LogP contribution in [-0.4, -0.2) is 17.0 Å². The molecule has 0 aromatic carbocycles. The minimum atomic E-state index is -0.235. The lowest BCUT2D eigenvalue weighted by Gasteiger charge is -2.58. The molecule has 0 saturated heterocycles. The van der Waals surface area contributed by atoms with E-state index >= 15 is 0 Å². The predicted octanol–water partition coefficient (Wildman–Crippen LogP) is 3.74. The highest BCUT2D eigenvalue weighted by Crippen LogP contribution is 2.64. The average molecular weight is 288 g/mol. The van der Waals surface area contributed by atoms with Crippen LogP contribution in [0.3, 0.4) is 0 Å². The van der Waals surface area contributed by atoms with E-state index in [1.165, 1.54) is 19.3 Å². The van der Waals surface area contributed by atoms with Crippen LogP contribution in [0.4, 0.5) is 0 Å². The summed E-state index contributed by atoms with van der Waals surface area (Å²) in [5.41, 5.74) is 0.247. The number of carbonyl (C=O) groups excluding carboxylic acids is 1. The number of rotatable bonds is 0. The van der Waals surface area contributed by atoms with Crippen molar-refractivity contribution in [2.24, 2.45) is 34.5 Å². The molecule has 7 atom stereocenters. The molecule has 0 aliphatic heterocycles. The fourth-order valence-corrected chi connectivity index (χ4v) is 6.56. The Hall–Kier alpha value is -0.630. The van der Waals surface area contributed by atoms with Crippen molar-refractivity contribution in [3.63, 3.8) is 0 Å². The van der Waals surface area contributed by atoms with Gasteiger partial charge in [0.05, 0.1) is 6.10 Å². The number of allylic oxidation sites excluding steroid dienone is 1. The molecule has 4 aliphatic rings. The molecule has 0 unspecified atom stereocenters. The lowest BCUT2D eigenvalue weighted by Crippen LogP contribution is -2.52. The SMILES string of the molecule is C[C@@]12C=C[C@H](O)C[C@H]1CC[C@H]1[C@H]2CC[C@@]2(C)C(=O)CC[C@H]12. The van der Waals surface area contributed by atoms with Gasteiger partial charge in [0.2, 0.25) is 0 Å². The fraction of sp³-hybridized carbons (Fsp3) is 0.842. The summed E-state index contributed by atoms with van der Waals surface area (Å²) >= 11 is 0. The summed E-state index contributed by atoms with van der Waals surface area (Å²) in [7, 11) is 0. The molecule has 4 rings (SSSR count). The van der Waals surface area contributed by atoms with Crippen molar-refractivity contribution in [3.8, 4) is 0 Å². The van der Waals surface area contributed by atoms with Crippen molar-refractivity contribution in [2.45, 2.75) is 64.9 Å². The zero-order chi connectivity index (χ0) is 14.8. The van der Waals surface area contributed by atoms with Crippen molar-refractivity contribution >= 4 is 5.78 Å². The van der Waals surface area contributed by atoms with Crippen LogP contribution in [0.15, 0.2) is 12.2 Å². The molecule has 3 saturated carbocycles. The third kappa shape index (κ3) is 1.78. The molecule has 0 radical (unpaired) electrons. The molecule has 2 heteroatoms. The van der Waals surface area contributed by atoms with Gasteiger partial charge in [-0.05, 0) is 67.6 Å². The molecular formula is C19H28O2. The molecule has 3 fully saturated rings. The topological polar surface area (TPSA) is 37.3 Å². The summed E-state index contributed by atoms with van der Waals surface area (Å²) in [6, 6.07) is 0. The maximum atomic E-state index is 12.4. The van der Waals surface area contributed by atoms with Gasteiger partial charge in [-0.3, -0.25) is 4.79 Å². The molecule has 0 amide bonds. The Bertz CT molecular complexity index is 496. The Kier molecular flexibility index (Phi) is 2.96. The first kappa shape index (κ1) is 14.0. The second-order valence-electron chi connectivity index (χ2n) is 8.60. The van der Waals surface area contributed by atoms with Gasteiger partial charge in [-0.25, -0.2) is 0 Å². The van der Waals surface area contributed by atoms with Crippen LogP contribution in [-0.2, 0) is 4.79 Å². The molecular weight excluding hydrogens is 260 g/mol. The summed E-state index contributed by atoms with van der Waals surface area (Å²) in [6.07, 6.45) is 11.8. The molecule has 0 bridgehead atoms. The first-order chi connectivity index (χ1) is 9.95. The van der Waals surface area contributed by atoms with Crippen molar-refractivity contribution in [1.29, 1.82) is 0 Å². The predicted molar refractivity (Wildman–Crippen MR) is 82.6 cm³/mol. The van der Waals surface area contributed by atoms with Crippen LogP contribution in [0, 0.1) is 34.5 Å². The highest BCUT2D eigenvalue weighted by atomic mass is 16.3. The third-order valence-electron chi connectivity index (χ3n) is 7.88. The standard InChI is InChI=1S/C19H28O2/c1-18-9-7-13(20)11-12(18)3-4-14-15-5-6-17(21)19(15,2)10-8-16(14)18/h7,9,12-16,20H,3-6,8,10-11H2,1-2H3/t12-,13+,14-,15-,16-,18-,19-/m1/s1. The maximum Gasteiger partial charge on any atom is 0.139 e. The van der Waals surface area contributed by atoms with Gasteiger partial charge in [0.15, 0.2) is 0 Å². The van der Waals surface area contributed by atoms with E-state index in [0.29, 0.717) is 17.6 Å². The normalized spacial score (nSPS) is 55.8. The van der Waals surface area contributed by atoms with Crippen LogP contribution >= 0.6 is 0 Å². The van der Waals surface area contributed by atoms with Gasteiger partial charge >= 0.3 is 0 Å². The van der Waals surface area contributed by atoms with Gasteiger partial charge in [-0.15, -0.1) is 0 Å². The number of ketones is 1. The molecule has 0 heterocycles. The quantitative estimate of drug-likeness (QED) is 0.690. The summed E-state index contributed by atoms with van der Waals surface area (Å²) in [6.45, 7) is 4.68. The van der Waals surface area contributed by atoms with Crippen LogP contribution < -0.4 is 0 Å². The summed E-state index contributed by atoms with van der Waals surface area (Å²) in [4.78, 5) is 12.4. The lowest BCUT2D eigenvalue weighted by atomic mass is 9.46. The van der Waals surface area contributed by atoms with E-state index in [0.717, 1.165) is 37.5 Å². The Morgan fingerprint density at radius 2 is 1.95 bits per heavy atom. The molecule has 2 nitrogen and oxygen atoms in total. The molecule has 4 aliphatic carbocycles. The summed E-state index contributed by atoms with van der Waals surface area (Å²) < 4.78 is 0. The van der Waals surface area contributed by atoms with E-state index < -0.39 is 0 Å². The number of hydrogen-bond donors (Lipinski definition) is 1. The Morgan fingerprint density at radius 1 is 1.14 bits per heavy atom. The minimum Gasteiger partial charge on any atom is -0.389 e. The molecule has 1 N–H and O–H groups in total. The number of aliphatic hydroxyl groups excluding tert-OH is 1. The van der Waals surface area contributed by atoms with E-state index in [-0.39, 0.29) is 16.9 Å². The van der Waals surface area contributed by atoms with E-state index in [2.05, 4.69) is 19.9 Å². The van der Waals surface area contributed by atoms with Gasteiger partial charge in [0.1, 0.15) is 5.78 Å². The Balaban J connectivity index is 1.68. The van der Waals surface area contributed by atoms with Crippen LogP contribution in [0.2, 0.25) is 0 Å². The Labute approximate surface area is 128 Å². The summed E-state index contributed by atoms with van der Waals surface area (Å²) in [5, 5.41) is 9.95. The molecule has 0 aromatic rings. The smallest absolute Gasteiger partial charge is 0.139 e. The van der Waals surface area contributed by atoms with Gasteiger partial charge < -0.3 is 5.11 Å². The van der Waals surface area contributed by atoms with Crippen LogP contribution in [0.5, 0.6) is 0 Å². The van der Waals surface area contributed by atoms with Gasteiger partial charge in [0.25, 0.3) is 0 Å². The monoisotopic (exact) mass is 288 g/mol. The van der Waals surface area contributed by atoms with E-state index in [9.17, 15) is 9.90 Å². The van der Waals surface area contributed by atoms with Crippen molar-refractivity contribution in [3.05, 3.63) is 12.2 Å².